The van der Waals surface area contributed by atoms with Gasteiger partial charge in [0.25, 0.3) is 0 Å². The molecule has 2 aromatic carbocycles. The van der Waals surface area contributed by atoms with Gasteiger partial charge in [0.15, 0.2) is 0 Å². The Morgan fingerprint density at radius 1 is 1.00 bits per heavy atom. The molecule has 1 aliphatic carbocycles. The van der Waals surface area contributed by atoms with Gasteiger partial charge in [-0.2, -0.15) is 5.26 Å². The first-order chi connectivity index (χ1) is 9.85. The summed E-state index contributed by atoms with van der Waals surface area (Å²) >= 11 is 0. The van der Waals surface area contributed by atoms with Gasteiger partial charge in [0.1, 0.15) is 12.4 Å². The molecule has 2 heteroatoms. The Morgan fingerprint density at radius 2 is 1.85 bits per heavy atom. The average molecular weight is 263 g/mol. The van der Waals surface area contributed by atoms with E-state index in [4.69, 9.17) is 10.00 Å². The van der Waals surface area contributed by atoms with Crippen LogP contribution in [0.4, 0.5) is 0 Å². The van der Waals surface area contributed by atoms with Crippen molar-refractivity contribution in [2.45, 2.75) is 32.3 Å². The Hall–Kier alpha value is -2.27. The van der Waals surface area contributed by atoms with E-state index in [1.54, 1.807) is 0 Å². The normalized spacial score (nSPS) is 13.3. The van der Waals surface area contributed by atoms with Crippen LogP contribution in [0.3, 0.4) is 0 Å². The van der Waals surface area contributed by atoms with E-state index in [9.17, 15) is 0 Å². The van der Waals surface area contributed by atoms with E-state index in [-0.39, 0.29) is 0 Å². The van der Waals surface area contributed by atoms with Gasteiger partial charge in [0.2, 0.25) is 0 Å². The van der Waals surface area contributed by atoms with Gasteiger partial charge in [0.05, 0.1) is 11.6 Å². The van der Waals surface area contributed by atoms with Gasteiger partial charge in [0, 0.05) is 0 Å². The highest BCUT2D eigenvalue weighted by Gasteiger charge is 2.09. The maximum Gasteiger partial charge on any atom is 0.120 e. The van der Waals surface area contributed by atoms with Crippen molar-refractivity contribution in [3.05, 3.63) is 64.7 Å². The lowest BCUT2D eigenvalue weighted by atomic mass is 9.92. The highest BCUT2D eigenvalue weighted by atomic mass is 16.5. The highest BCUT2D eigenvalue weighted by Crippen LogP contribution is 2.25. The number of fused-ring (bicyclic) bond motifs is 1. The molecule has 0 saturated heterocycles. The van der Waals surface area contributed by atoms with Crippen LogP contribution in [0.2, 0.25) is 0 Å². The molecule has 0 amide bonds. The molecule has 100 valence electrons. The first-order valence-electron chi connectivity index (χ1n) is 7.09. The fourth-order valence-corrected chi connectivity index (χ4v) is 2.70. The summed E-state index contributed by atoms with van der Waals surface area (Å²) in [5, 5.41) is 8.89. The van der Waals surface area contributed by atoms with Gasteiger partial charge in [-0.15, -0.1) is 0 Å². The lowest BCUT2D eigenvalue weighted by Gasteiger charge is -2.16. The van der Waals surface area contributed by atoms with Crippen molar-refractivity contribution >= 4 is 0 Å². The largest absolute Gasteiger partial charge is 0.489 e. The second kappa shape index (κ2) is 5.79. The van der Waals surface area contributed by atoms with E-state index < -0.39 is 0 Å². The van der Waals surface area contributed by atoms with Gasteiger partial charge in [-0.05, 0) is 66.6 Å². The third-order valence-electron chi connectivity index (χ3n) is 3.78. The molecule has 1 aliphatic rings. The van der Waals surface area contributed by atoms with Crippen LogP contribution in [0.5, 0.6) is 5.75 Å². The summed E-state index contributed by atoms with van der Waals surface area (Å²) in [4.78, 5) is 0. The number of aryl methyl sites for hydroxylation is 2. The molecule has 0 heterocycles. The Kier molecular flexibility index (Phi) is 3.69. The Labute approximate surface area is 119 Å². The van der Waals surface area contributed by atoms with Crippen molar-refractivity contribution in [1.29, 1.82) is 5.26 Å². The maximum absolute atomic E-state index is 8.89. The van der Waals surface area contributed by atoms with Crippen molar-refractivity contribution in [2.24, 2.45) is 0 Å². The second-order valence-electron chi connectivity index (χ2n) is 5.24. The van der Waals surface area contributed by atoms with E-state index >= 15 is 0 Å². The molecule has 0 atom stereocenters. The fraction of sp³-hybridized carbons (Fsp3) is 0.278. The standard InChI is InChI=1S/C18H17NO/c19-12-14-4-3-5-15(10-14)13-20-18-9-8-16-6-1-2-7-17(16)11-18/h3-5,8-11H,1-2,6-7,13H2. The molecule has 0 N–H and O–H groups in total. The Bertz CT molecular complexity index is 655. The van der Waals surface area contributed by atoms with Crippen LogP contribution in [0.25, 0.3) is 0 Å². The summed E-state index contributed by atoms with van der Waals surface area (Å²) in [6.45, 7) is 0.508. The van der Waals surface area contributed by atoms with Gasteiger partial charge in [-0.1, -0.05) is 18.2 Å². The molecular weight excluding hydrogens is 246 g/mol. The molecule has 3 rings (SSSR count). The first-order valence-corrected chi connectivity index (χ1v) is 7.09. The van der Waals surface area contributed by atoms with Gasteiger partial charge < -0.3 is 4.74 Å². The van der Waals surface area contributed by atoms with Crippen LogP contribution in [0, 0.1) is 11.3 Å². The molecule has 0 fully saturated rings. The first kappa shape index (κ1) is 12.7. The zero-order valence-electron chi connectivity index (χ0n) is 11.4. The van der Waals surface area contributed by atoms with Crippen LogP contribution < -0.4 is 4.74 Å². The minimum absolute atomic E-state index is 0.508. The summed E-state index contributed by atoms with van der Waals surface area (Å²) in [7, 11) is 0. The Morgan fingerprint density at radius 3 is 2.70 bits per heavy atom. The number of ether oxygens (including phenoxy) is 1. The SMILES string of the molecule is N#Cc1cccc(COc2ccc3c(c2)CCCC3)c1. The summed E-state index contributed by atoms with van der Waals surface area (Å²) < 4.78 is 5.85. The minimum Gasteiger partial charge on any atom is -0.489 e. The van der Waals surface area contributed by atoms with E-state index in [1.807, 2.05) is 24.3 Å². The summed E-state index contributed by atoms with van der Waals surface area (Å²) in [6.07, 6.45) is 4.94. The fourth-order valence-electron chi connectivity index (χ4n) is 2.70. The maximum atomic E-state index is 8.89. The lowest BCUT2D eigenvalue weighted by molar-refractivity contribution is 0.305. The number of nitrogens with zero attached hydrogens (tertiary/aromatic N) is 1. The molecule has 0 aromatic heterocycles. The van der Waals surface area contributed by atoms with E-state index in [0.29, 0.717) is 12.2 Å². The van der Waals surface area contributed by atoms with Crippen LogP contribution in [-0.2, 0) is 19.4 Å². The number of hydrogen-bond acceptors (Lipinski definition) is 2. The molecule has 0 aliphatic heterocycles. The van der Waals surface area contributed by atoms with Crippen molar-refractivity contribution in [3.63, 3.8) is 0 Å². The molecular formula is C18H17NO. The molecule has 0 radical (unpaired) electrons. The van der Waals surface area contributed by atoms with E-state index in [2.05, 4.69) is 24.3 Å². The van der Waals surface area contributed by atoms with Crippen LogP contribution in [-0.4, -0.2) is 0 Å². The predicted octanol–water partition coefficient (Wildman–Crippen LogP) is 4.02. The minimum atomic E-state index is 0.508. The summed E-state index contributed by atoms with van der Waals surface area (Å²) in [5.74, 6) is 0.924. The summed E-state index contributed by atoms with van der Waals surface area (Å²) in [6, 6.07) is 16.1. The smallest absolute Gasteiger partial charge is 0.120 e. The second-order valence-corrected chi connectivity index (χ2v) is 5.24. The lowest BCUT2D eigenvalue weighted by Crippen LogP contribution is -2.03. The van der Waals surface area contributed by atoms with Gasteiger partial charge in [-0.3, -0.25) is 0 Å². The molecule has 0 bridgehead atoms. The van der Waals surface area contributed by atoms with Gasteiger partial charge in [-0.25, -0.2) is 0 Å². The number of hydrogen-bond donors (Lipinski definition) is 0. The molecule has 20 heavy (non-hydrogen) atoms. The third-order valence-corrected chi connectivity index (χ3v) is 3.78. The molecule has 2 nitrogen and oxygen atoms in total. The van der Waals surface area contributed by atoms with E-state index in [1.165, 1.54) is 30.4 Å². The summed E-state index contributed by atoms with van der Waals surface area (Å²) in [5.41, 5.74) is 4.60. The zero-order valence-corrected chi connectivity index (χ0v) is 11.4. The van der Waals surface area contributed by atoms with Crippen molar-refractivity contribution in [1.82, 2.24) is 0 Å². The average Bonchev–Trinajstić information content (AvgIpc) is 2.53. The molecule has 2 aromatic rings. The molecule has 0 unspecified atom stereocenters. The monoisotopic (exact) mass is 263 g/mol. The number of nitriles is 1. The predicted molar refractivity (Wildman–Crippen MR) is 78.6 cm³/mol. The van der Waals surface area contributed by atoms with Crippen LogP contribution >= 0.6 is 0 Å². The van der Waals surface area contributed by atoms with Crippen molar-refractivity contribution < 1.29 is 4.74 Å². The van der Waals surface area contributed by atoms with Crippen LogP contribution in [0.1, 0.15) is 35.1 Å². The Balaban J connectivity index is 1.70. The van der Waals surface area contributed by atoms with E-state index in [0.717, 1.165) is 17.7 Å². The third kappa shape index (κ3) is 2.83. The topological polar surface area (TPSA) is 33.0 Å². The highest BCUT2D eigenvalue weighted by molar-refractivity contribution is 5.37. The van der Waals surface area contributed by atoms with Crippen molar-refractivity contribution in [3.8, 4) is 11.8 Å². The number of benzene rings is 2. The molecule has 0 saturated carbocycles. The molecule has 0 spiro atoms. The zero-order chi connectivity index (χ0) is 13.8. The van der Waals surface area contributed by atoms with Crippen molar-refractivity contribution in [2.75, 3.05) is 0 Å². The van der Waals surface area contributed by atoms with Gasteiger partial charge >= 0.3 is 0 Å². The quantitative estimate of drug-likeness (QED) is 0.838. The number of rotatable bonds is 3. The van der Waals surface area contributed by atoms with Crippen LogP contribution in [0.15, 0.2) is 42.5 Å².